The number of fused-ring (bicyclic) bond motifs is 5. The van der Waals surface area contributed by atoms with E-state index in [-0.39, 0.29) is 17.0 Å². The summed E-state index contributed by atoms with van der Waals surface area (Å²) in [5.41, 5.74) is 5.19. The molecule has 0 aliphatic heterocycles. The van der Waals surface area contributed by atoms with E-state index in [4.69, 9.17) is 0 Å². The lowest BCUT2D eigenvalue weighted by molar-refractivity contribution is -0.00000620. The predicted molar refractivity (Wildman–Crippen MR) is 139 cm³/mol. The summed E-state index contributed by atoms with van der Waals surface area (Å²) in [6, 6.07) is 41.4. The Morgan fingerprint density at radius 3 is 1.55 bits per heavy atom. The largest absolute Gasteiger partial charge is 1.00 e. The van der Waals surface area contributed by atoms with Gasteiger partial charge in [-0.05, 0) is 91.1 Å². The van der Waals surface area contributed by atoms with E-state index in [1.54, 1.807) is 11.1 Å². The molecule has 2 aliphatic carbocycles. The fraction of sp³-hybridized carbons (Fsp3) is 0.226. The summed E-state index contributed by atoms with van der Waals surface area (Å²) in [5.74, 6) is 1.61. The van der Waals surface area contributed by atoms with Gasteiger partial charge in [-0.25, -0.2) is 0 Å². The highest BCUT2D eigenvalue weighted by atomic mass is 79.9. The van der Waals surface area contributed by atoms with Crippen LogP contribution in [-0.2, 0) is 0 Å². The summed E-state index contributed by atoms with van der Waals surface area (Å²) in [7, 11) is -1.91. The van der Waals surface area contributed by atoms with Crippen molar-refractivity contribution in [2.75, 3.05) is 0 Å². The first-order valence-electron chi connectivity index (χ1n) is 12.0. The van der Waals surface area contributed by atoms with Crippen LogP contribution in [0.1, 0.15) is 60.4 Å². The number of halogens is 1. The molecule has 0 amide bonds. The van der Waals surface area contributed by atoms with Crippen LogP contribution in [-0.4, -0.2) is 0 Å². The fourth-order valence-corrected chi connectivity index (χ4v) is 11.2. The van der Waals surface area contributed by atoms with Crippen molar-refractivity contribution < 1.29 is 17.0 Å². The number of hydrogen-bond acceptors (Lipinski definition) is 0. The number of hydrogen-bond donors (Lipinski definition) is 0. The highest BCUT2D eigenvalue weighted by Gasteiger charge is 2.51. The maximum atomic E-state index is 2.59. The zero-order valence-corrected chi connectivity index (χ0v) is 21.6. The molecule has 4 aromatic rings. The molecular formula is C31H30BrP. The van der Waals surface area contributed by atoms with Crippen LogP contribution in [0.4, 0.5) is 0 Å². The summed E-state index contributed by atoms with van der Waals surface area (Å²) in [4.78, 5) is 0. The normalized spacial score (nSPS) is 19.5. The lowest BCUT2D eigenvalue weighted by Crippen LogP contribution is -3.00. The molecule has 3 atom stereocenters. The van der Waals surface area contributed by atoms with E-state index in [1.165, 1.54) is 40.7 Å². The Balaban J connectivity index is 0.00000228. The van der Waals surface area contributed by atoms with Crippen molar-refractivity contribution in [2.45, 2.75) is 43.7 Å². The second-order valence-corrected chi connectivity index (χ2v) is 13.3. The van der Waals surface area contributed by atoms with Crippen molar-refractivity contribution in [3.63, 3.8) is 0 Å². The van der Waals surface area contributed by atoms with Gasteiger partial charge in [-0.2, -0.15) is 0 Å². The molecule has 0 heterocycles. The van der Waals surface area contributed by atoms with Gasteiger partial charge in [-0.15, -0.1) is 0 Å². The van der Waals surface area contributed by atoms with Crippen molar-refractivity contribution in [3.05, 3.63) is 126 Å². The Labute approximate surface area is 209 Å². The van der Waals surface area contributed by atoms with Crippen LogP contribution in [0.3, 0.4) is 0 Å². The van der Waals surface area contributed by atoms with Gasteiger partial charge in [-0.1, -0.05) is 72.8 Å². The van der Waals surface area contributed by atoms with E-state index >= 15 is 0 Å². The highest BCUT2D eigenvalue weighted by Crippen LogP contribution is 2.67. The van der Waals surface area contributed by atoms with Crippen molar-refractivity contribution in [2.24, 2.45) is 0 Å². The van der Waals surface area contributed by atoms with Crippen molar-refractivity contribution in [3.8, 4) is 0 Å². The standard InChI is InChI=1S/C31H30P.BrH/c1-23(24-19-20-30-25-17-18-26(21-25)31(30)22-24)32(27-11-5-2-6-12-27,28-13-7-3-8-14-28)29-15-9-4-10-16-29;/h2-16,19-20,22-23,25-26H,17-18,21H2,1H3;1H/q+1;/p-1. The third-order valence-electron chi connectivity index (χ3n) is 7.98. The third-order valence-corrected chi connectivity index (χ3v) is 12.8. The monoisotopic (exact) mass is 512 g/mol. The summed E-state index contributed by atoms with van der Waals surface area (Å²) >= 11 is 0. The molecule has 3 unspecified atom stereocenters. The second-order valence-electron chi connectivity index (χ2n) is 9.50. The SMILES string of the molecule is CC(c1ccc2c(c1)C1CCC2C1)[P+](c1ccccc1)(c1ccccc1)c1ccccc1.[Br-]. The molecule has 1 saturated carbocycles. The van der Waals surface area contributed by atoms with Crippen LogP contribution in [0.2, 0.25) is 0 Å². The molecule has 0 nitrogen and oxygen atoms in total. The average Bonchev–Trinajstić information content (AvgIpc) is 3.49. The minimum Gasteiger partial charge on any atom is -1.00 e. The summed E-state index contributed by atoms with van der Waals surface area (Å²) in [5, 5.41) is 4.39. The molecule has 4 aromatic carbocycles. The van der Waals surface area contributed by atoms with Gasteiger partial charge in [0.05, 0.1) is 0 Å². The molecule has 1 fully saturated rings. The lowest BCUT2D eigenvalue weighted by Gasteiger charge is -2.33. The minimum atomic E-state index is -1.91. The van der Waals surface area contributed by atoms with Crippen molar-refractivity contribution >= 4 is 23.2 Å². The smallest absolute Gasteiger partial charge is 0.119 e. The molecule has 2 heteroatoms. The van der Waals surface area contributed by atoms with Crippen molar-refractivity contribution in [1.82, 2.24) is 0 Å². The van der Waals surface area contributed by atoms with Crippen LogP contribution in [0.5, 0.6) is 0 Å². The Morgan fingerprint density at radius 2 is 1.06 bits per heavy atom. The number of benzene rings is 4. The summed E-state index contributed by atoms with van der Waals surface area (Å²) in [6.45, 7) is 2.48. The topological polar surface area (TPSA) is 0 Å². The summed E-state index contributed by atoms with van der Waals surface area (Å²) < 4.78 is 0. The molecule has 6 rings (SSSR count). The van der Waals surface area contributed by atoms with E-state index in [9.17, 15) is 0 Å². The maximum absolute atomic E-state index is 2.59. The Morgan fingerprint density at radius 1 is 0.606 bits per heavy atom. The fourth-order valence-electron chi connectivity index (χ4n) is 6.46. The first-order valence-corrected chi connectivity index (χ1v) is 13.8. The van der Waals surface area contributed by atoms with E-state index in [1.807, 2.05) is 0 Å². The van der Waals surface area contributed by atoms with Gasteiger partial charge in [0.2, 0.25) is 0 Å². The quantitative estimate of drug-likeness (QED) is 0.353. The average molecular weight is 513 g/mol. The molecule has 0 radical (unpaired) electrons. The van der Waals surface area contributed by atoms with E-state index in [0.29, 0.717) is 5.66 Å². The molecule has 166 valence electrons. The zero-order valence-electron chi connectivity index (χ0n) is 19.1. The second kappa shape index (κ2) is 9.21. The highest BCUT2D eigenvalue weighted by molar-refractivity contribution is 7.95. The molecular weight excluding hydrogens is 483 g/mol. The van der Waals surface area contributed by atoms with E-state index < -0.39 is 7.26 Å². The first-order chi connectivity index (χ1) is 15.8. The molecule has 0 aromatic heterocycles. The molecule has 2 aliphatic rings. The van der Waals surface area contributed by atoms with Gasteiger partial charge in [0.1, 0.15) is 28.8 Å². The van der Waals surface area contributed by atoms with Gasteiger partial charge in [0, 0.05) is 0 Å². The van der Waals surface area contributed by atoms with E-state index in [0.717, 1.165) is 11.8 Å². The predicted octanol–water partition coefficient (Wildman–Crippen LogP) is 4.11. The minimum absolute atomic E-state index is 0. The van der Waals surface area contributed by atoms with Crippen LogP contribution >= 0.6 is 7.26 Å². The van der Waals surface area contributed by atoms with Gasteiger partial charge >= 0.3 is 0 Å². The molecule has 2 bridgehead atoms. The van der Waals surface area contributed by atoms with Crippen LogP contribution in [0, 0.1) is 0 Å². The molecule has 0 spiro atoms. The Hall–Kier alpha value is -2.21. The van der Waals surface area contributed by atoms with Crippen molar-refractivity contribution in [1.29, 1.82) is 0 Å². The van der Waals surface area contributed by atoms with Gasteiger partial charge < -0.3 is 17.0 Å². The van der Waals surface area contributed by atoms with Crippen LogP contribution < -0.4 is 32.9 Å². The Kier molecular flexibility index (Phi) is 6.30. The van der Waals surface area contributed by atoms with Gasteiger partial charge in [0.25, 0.3) is 0 Å². The van der Waals surface area contributed by atoms with Crippen LogP contribution in [0.25, 0.3) is 0 Å². The van der Waals surface area contributed by atoms with Crippen LogP contribution in [0.15, 0.2) is 109 Å². The van der Waals surface area contributed by atoms with Gasteiger partial charge in [-0.3, -0.25) is 0 Å². The van der Waals surface area contributed by atoms with Gasteiger partial charge in [0.15, 0.2) is 0 Å². The number of rotatable bonds is 5. The molecule has 0 saturated heterocycles. The zero-order chi connectivity index (χ0) is 21.5. The maximum Gasteiger partial charge on any atom is 0.119 e. The first kappa shape index (κ1) is 22.6. The summed E-state index contributed by atoms with van der Waals surface area (Å²) in [6.07, 6.45) is 4.15. The third kappa shape index (κ3) is 3.61. The molecule has 33 heavy (non-hydrogen) atoms. The van der Waals surface area contributed by atoms with E-state index in [2.05, 4.69) is 116 Å². The Bertz CT molecular complexity index is 1120. The lowest BCUT2D eigenvalue weighted by atomic mass is 9.90. The molecule has 0 N–H and O–H groups in total.